The Balaban J connectivity index is 2.22. The van der Waals surface area contributed by atoms with Crippen molar-refractivity contribution >= 4 is 15.9 Å². The Kier molecular flexibility index (Phi) is 5.68. The largest absolute Gasteiger partial charge is 0.310 e. The summed E-state index contributed by atoms with van der Waals surface area (Å²) >= 11 is 3.29. The molecule has 0 aliphatic rings. The third kappa shape index (κ3) is 4.12. The minimum atomic E-state index is -0.183. The number of halogens is 2. The zero-order chi connectivity index (χ0) is 14.4. The lowest BCUT2D eigenvalue weighted by Gasteiger charge is -2.20. The van der Waals surface area contributed by atoms with Crippen molar-refractivity contribution in [2.45, 2.75) is 25.8 Å². The first-order valence-electron chi connectivity index (χ1n) is 6.78. The molecule has 0 aliphatic heterocycles. The number of hydrogen-bond donors (Lipinski definition) is 1. The average molecular weight is 337 g/mol. The van der Waals surface area contributed by atoms with Crippen LogP contribution in [0.5, 0.6) is 0 Å². The summed E-state index contributed by atoms with van der Waals surface area (Å²) in [6, 6.07) is 9.12. The van der Waals surface area contributed by atoms with Gasteiger partial charge in [0, 0.05) is 28.5 Å². The van der Waals surface area contributed by atoms with Crippen LogP contribution in [0.15, 0.2) is 47.2 Å². The van der Waals surface area contributed by atoms with Crippen LogP contribution in [0.2, 0.25) is 0 Å². The van der Waals surface area contributed by atoms with Crippen molar-refractivity contribution in [2.75, 3.05) is 6.54 Å². The minimum absolute atomic E-state index is 0.0350. The zero-order valence-corrected chi connectivity index (χ0v) is 13.0. The van der Waals surface area contributed by atoms with E-state index in [0.29, 0.717) is 5.56 Å². The molecule has 1 atom stereocenters. The molecule has 1 aromatic heterocycles. The van der Waals surface area contributed by atoms with Crippen molar-refractivity contribution in [3.8, 4) is 0 Å². The Morgan fingerprint density at radius 1 is 1.35 bits per heavy atom. The fraction of sp³-hybridized carbons (Fsp3) is 0.312. The van der Waals surface area contributed by atoms with Gasteiger partial charge in [0.2, 0.25) is 0 Å². The maximum atomic E-state index is 14.1. The number of nitrogens with one attached hydrogen (secondary N) is 1. The Hall–Kier alpha value is -1.26. The molecule has 4 heteroatoms. The van der Waals surface area contributed by atoms with Crippen molar-refractivity contribution in [3.05, 3.63) is 64.1 Å². The summed E-state index contributed by atoms with van der Waals surface area (Å²) in [6.07, 6.45) is 5.32. The van der Waals surface area contributed by atoms with Gasteiger partial charge in [0.25, 0.3) is 0 Å². The lowest BCUT2D eigenvalue weighted by atomic mass is 9.99. The predicted molar refractivity (Wildman–Crippen MR) is 83.1 cm³/mol. The SMILES string of the molecule is CCCNC(Cc1cccnc1)c1ccc(Br)cc1F. The number of rotatable bonds is 6. The van der Waals surface area contributed by atoms with E-state index in [9.17, 15) is 4.39 Å². The van der Waals surface area contributed by atoms with E-state index in [0.717, 1.165) is 29.4 Å². The van der Waals surface area contributed by atoms with E-state index in [4.69, 9.17) is 0 Å². The maximum Gasteiger partial charge on any atom is 0.129 e. The number of pyridine rings is 1. The van der Waals surface area contributed by atoms with E-state index < -0.39 is 0 Å². The molecule has 2 nitrogen and oxygen atoms in total. The van der Waals surface area contributed by atoms with Gasteiger partial charge < -0.3 is 5.32 Å². The average Bonchev–Trinajstić information content (AvgIpc) is 2.45. The molecule has 0 radical (unpaired) electrons. The Labute approximate surface area is 127 Å². The smallest absolute Gasteiger partial charge is 0.129 e. The van der Waals surface area contributed by atoms with E-state index in [-0.39, 0.29) is 11.9 Å². The van der Waals surface area contributed by atoms with Crippen LogP contribution in [0.1, 0.15) is 30.5 Å². The number of aromatic nitrogens is 1. The highest BCUT2D eigenvalue weighted by Crippen LogP contribution is 2.24. The number of nitrogens with zero attached hydrogens (tertiary/aromatic N) is 1. The fourth-order valence-corrected chi connectivity index (χ4v) is 2.48. The van der Waals surface area contributed by atoms with Crippen molar-refractivity contribution in [1.82, 2.24) is 10.3 Å². The van der Waals surface area contributed by atoms with Crippen LogP contribution in [0.4, 0.5) is 4.39 Å². The molecule has 2 rings (SSSR count). The molecule has 0 aliphatic carbocycles. The highest BCUT2D eigenvalue weighted by atomic mass is 79.9. The van der Waals surface area contributed by atoms with Gasteiger partial charge in [-0.25, -0.2) is 4.39 Å². The van der Waals surface area contributed by atoms with E-state index >= 15 is 0 Å². The molecule has 1 aromatic carbocycles. The monoisotopic (exact) mass is 336 g/mol. The van der Waals surface area contributed by atoms with E-state index in [1.54, 1.807) is 6.20 Å². The number of hydrogen-bond acceptors (Lipinski definition) is 2. The lowest BCUT2D eigenvalue weighted by Crippen LogP contribution is -2.25. The van der Waals surface area contributed by atoms with Gasteiger partial charge >= 0.3 is 0 Å². The van der Waals surface area contributed by atoms with Gasteiger partial charge in [0.1, 0.15) is 5.82 Å². The zero-order valence-electron chi connectivity index (χ0n) is 11.4. The van der Waals surface area contributed by atoms with Crippen LogP contribution in [0, 0.1) is 5.82 Å². The normalized spacial score (nSPS) is 12.3. The molecule has 20 heavy (non-hydrogen) atoms. The Morgan fingerprint density at radius 2 is 2.20 bits per heavy atom. The van der Waals surface area contributed by atoms with Crippen LogP contribution < -0.4 is 5.32 Å². The molecule has 0 fully saturated rings. The molecule has 1 heterocycles. The van der Waals surface area contributed by atoms with Gasteiger partial charge in [-0.05, 0) is 43.1 Å². The standard InChI is InChI=1S/C16H18BrFN2/c1-2-7-20-16(9-12-4-3-8-19-11-12)14-6-5-13(17)10-15(14)18/h3-6,8,10-11,16,20H,2,7,9H2,1H3. The second-order valence-corrected chi connectivity index (χ2v) is 5.65. The van der Waals surface area contributed by atoms with Crippen LogP contribution >= 0.6 is 15.9 Å². The second kappa shape index (κ2) is 7.50. The first-order chi connectivity index (χ1) is 9.70. The first kappa shape index (κ1) is 15.1. The molecule has 1 unspecified atom stereocenters. The fourth-order valence-electron chi connectivity index (χ4n) is 2.15. The predicted octanol–water partition coefficient (Wildman–Crippen LogP) is 4.27. The molecular weight excluding hydrogens is 319 g/mol. The van der Waals surface area contributed by atoms with Crippen LogP contribution in [0.3, 0.4) is 0 Å². The summed E-state index contributed by atoms with van der Waals surface area (Å²) in [5.41, 5.74) is 1.80. The molecular formula is C16H18BrFN2. The molecule has 0 amide bonds. The summed E-state index contributed by atoms with van der Waals surface area (Å²) in [7, 11) is 0. The molecule has 0 bridgehead atoms. The van der Waals surface area contributed by atoms with Crippen LogP contribution in [0.25, 0.3) is 0 Å². The van der Waals surface area contributed by atoms with E-state index in [1.807, 2.05) is 30.5 Å². The maximum absolute atomic E-state index is 14.1. The van der Waals surface area contributed by atoms with E-state index in [1.165, 1.54) is 6.07 Å². The molecule has 0 spiro atoms. The third-order valence-corrected chi connectivity index (χ3v) is 3.63. The van der Waals surface area contributed by atoms with Crippen molar-refractivity contribution < 1.29 is 4.39 Å². The molecule has 1 N–H and O–H groups in total. The number of benzene rings is 1. The highest BCUT2D eigenvalue weighted by Gasteiger charge is 2.16. The summed E-state index contributed by atoms with van der Waals surface area (Å²) in [5.74, 6) is -0.183. The van der Waals surface area contributed by atoms with Gasteiger partial charge in [-0.1, -0.05) is 35.0 Å². The van der Waals surface area contributed by atoms with Crippen LogP contribution in [-0.4, -0.2) is 11.5 Å². The minimum Gasteiger partial charge on any atom is -0.310 e. The molecule has 2 aromatic rings. The third-order valence-electron chi connectivity index (χ3n) is 3.14. The van der Waals surface area contributed by atoms with Gasteiger partial charge in [0.05, 0.1) is 0 Å². The Morgan fingerprint density at radius 3 is 2.85 bits per heavy atom. The quantitative estimate of drug-likeness (QED) is 0.852. The van der Waals surface area contributed by atoms with Gasteiger partial charge in [-0.15, -0.1) is 0 Å². The second-order valence-electron chi connectivity index (χ2n) is 4.74. The molecule has 106 valence electrons. The van der Waals surface area contributed by atoms with Gasteiger partial charge in [-0.2, -0.15) is 0 Å². The summed E-state index contributed by atoms with van der Waals surface area (Å²) < 4.78 is 14.9. The lowest BCUT2D eigenvalue weighted by molar-refractivity contribution is 0.496. The summed E-state index contributed by atoms with van der Waals surface area (Å²) in [4.78, 5) is 4.12. The van der Waals surface area contributed by atoms with Gasteiger partial charge in [0.15, 0.2) is 0 Å². The molecule has 0 saturated carbocycles. The first-order valence-corrected chi connectivity index (χ1v) is 7.57. The topological polar surface area (TPSA) is 24.9 Å². The van der Waals surface area contributed by atoms with Gasteiger partial charge in [-0.3, -0.25) is 4.98 Å². The van der Waals surface area contributed by atoms with Crippen molar-refractivity contribution in [1.29, 1.82) is 0 Å². The molecule has 0 saturated heterocycles. The highest BCUT2D eigenvalue weighted by molar-refractivity contribution is 9.10. The van der Waals surface area contributed by atoms with E-state index in [2.05, 4.69) is 33.2 Å². The van der Waals surface area contributed by atoms with Crippen molar-refractivity contribution in [3.63, 3.8) is 0 Å². The summed E-state index contributed by atoms with van der Waals surface area (Å²) in [5, 5.41) is 3.41. The van der Waals surface area contributed by atoms with Crippen molar-refractivity contribution in [2.24, 2.45) is 0 Å². The van der Waals surface area contributed by atoms with Crippen LogP contribution in [-0.2, 0) is 6.42 Å². The Bertz CT molecular complexity index is 545. The summed E-state index contributed by atoms with van der Waals surface area (Å²) in [6.45, 7) is 2.96.